The molecule has 2 aromatic carbocycles. The Morgan fingerprint density at radius 3 is 2.72 bits per heavy atom. The molecule has 0 radical (unpaired) electrons. The Bertz CT molecular complexity index is 749. The molecule has 5 heteroatoms. The van der Waals surface area contributed by atoms with E-state index in [1.165, 1.54) is 0 Å². The van der Waals surface area contributed by atoms with Crippen LogP contribution in [0.1, 0.15) is 30.0 Å². The Morgan fingerprint density at radius 2 is 2.00 bits per heavy atom. The van der Waals surface area contributed by atoms with Crippen LogP contribution in [-0.2, 0) is 9.53 Å². The second-order valence-electron chi connectivity index (χ2n) is 5.90. The van der Waals surface area contributed by atoms with Gasteiger partial charge < -0.3 is 14.8 Å². The van der Waals surface area contributed by atoms with Crippen molar-refractivity contribution in [1.82, 2.24) is 5.32 Å². The maximum Gasteiger partial charge on any atom is 0.258 e. The Morgan fingerprint density at radius 1 is 1.24 bits per heavy atom. The molecule has 2 aromatic rings. The predicted octanol–water partition coefficient (Wildman–Crippen LogP) is 2.97. The first-order valence-corrected chi connectivity index (χ1v) is 8.36. The summed E-state index contributed by atoms with van der Waals surface area (Å²) in [4.78, 5) is 12.4. The van der Waals surface area contributed by atoms with E-state index in [1.807, 2.05) is 30.3 Å². The summed E-state index contributed by atoms with van der Waals surface area (Å²) in [6.45, 7) is 0.574. The fraction of sp³-hybridized carbons (Fsp3) is 0.300. The fourth-order valence-electron chi connectivity index (χ4n) is 2.96. The maximum atomic E-state index is 12.4. The molecule has 1 heterocycles. The molecule has 5 nitrogen and oxygen atoms in total. The molecule has 2 unspecified atom stereocenters. The highest BCUT2D eigenvalue weighted by molar-refractivity contribution is 5.78. The SMILES string of the molecule is N#Cc1ccccc1OCC(=O)NC(c1ccccc1)C1CCCO1. The van der Waals surface area contributed by atoms with Crippen LogP contribution in [0.3, 0.4) is 0 Å². The third kappa shape index (κ3) is 4.37. The fourth-order valence-corrected chi connectivity index (χ4v) is 2.96. The van der Waals surface area contributed by atoms with Crippen molar-refractivity contribution in [1.29, 1.82) is 5.26 Å². The summed E-state index contributed by atoms with van der Waals surface area (Å²) >= 11 is 0. The lowest BCUT2D eigenvalue weighted by Crippen LogP contribution is -2.38. The van der Waals surface area contributed by atoms with E-state index in [0.29, 0.717) is 11.3 Å². The van der Waals surface area contributed by atoms with Crippen LogP contribution in [0.4, 0.5) is 0 Å². The molecule has 0 aliphatic carbocycles. The topological polar surface area (TPSA) is 71.3 Å². The van der Waals surface area contributed by atoms with E-state index in [0.717, 1.165) is 25.0 Å². The normalized spacial score (nSPS) is 17.5. The average molecular weight is 336 g/mol. The first-order valence-electron chi connectivity index (χ1n) is 8.36. The summed E-state index contributed by atoms with van der Waals surface area (Å²) in [7, 11) is 0. The van der Waals surface area contributed by atoms with Gasteiger partial charge in [0, 0.05) is 6.61 Å². The summed E-state index contributed by atoms with van der Waals surface area (Å²) in [6, 6.07) is 18.5. The molecule has 25 heavy (non-hydrogen) atoms. The minimum Gasteiger partial charge on any atom is -0.482 e. The van der Waals surface area contributed by atoms with Gasteiger partial charge in [-0.05, 0) is 30.5 Å². The van der Waals surface area contributed by atoms with Gasteiger partial charge in [0.2, 0.25) is 0 Å². The first kappa shape index (κ1) is 17.0. The van der Waals surface area contributed by atoms with Crippen LogP contribution in [0.5, 0.6) is 5.75 Å². The number of rotatable bonds is 6. The highest BCUT2D eigenvalue weighted by Gasteiger charge is 2.28. The zero-order chi connectivity index (χ0) is 17.5. The Hall–Kier alpha value is -2.84. The largest absolute Gasteiger partial charge is 0.482 e. The highest BCUT2D eigenvalue weighted by Crippen LogP contribution is 2.27. The summed E-state index contributed by atoms with van der Waals surface area (Å²) < 4.78 is 11.3. The third-order valence-electron chi connectivity index (χ3n) is 4.18. The van der Waals surface area contributed by atoms with Crippen LogP contribution in [0.2, 0.25) is 0 Å². The Balaban J connectivity index is 1.65. The quantitative estimate of drug-likeness (QED) is 0.880. The number of benzene rings is 2. The third-order valence-corrected chi connectivity index (χ3v) is 4.18. The number of nitrogens with zero attached hydrogens (tertiary/aromatic N) is 1. The zero-order valence-electron chi connectivity index (χ0n) is 13.9. The van der Waals surface area contributed by atoms with Crippen molar-refractivity contribution < 1.29 is 14.3 Å². The van der Waals surface area contributed by atoms with Gasteiger partial charge in [-0.1, -0.05) is 42.5 Å². The lowest BCUT2D eigenvalue weighted by Gasteiger charge is -2.24. The molecule has 1 aliphatic rings. The van der Waals surface area contributed by atoms with E-state index < -0.39 is 0 Å². The van der Waals surface area contributed by atoms with E-state index >= 15 is 0 Å². The van der Waals surface area contributed by atoms with Crippen molar-refractivity contribution in [2.24, 2.45) is 0 Å². The number of ether oxygens (including phenoxy) is 2. The highest BCUT2D eigenvalue weighted by atomic mass is 16.5. The molecular weight excluding hydrogens is 316 g/mol. The minimum atomic E-state index is -0.239. The van der Waals surface area contributed by atoms with E-state index in [1.54, 1.807) is 24.3 Å². The molecular formula is C20H20N2O3. The summed E-state index contributed by atoms with van der Waals surface area (Å²) in [5.74, 6) is 0.172. The van der Waals surface area contributed by atoms with Crippen molar-refractivity contribution >= 4 is 5.91 Å². The van der Waals surface area contributed by atoms with Gasteiger partial charge in [-0.3, -0.25) is 4.79 Å². The monoisotopic (exact) mass is 336 g/mol. The number of amides is 1. The molecule has 128 valence electrons. The molecule has 1 aliphatic heterocycles. The van der Waals surface area contributed by atoms with Crippen LogP contribution >= 0.6 is 0 Å². The van der Waals surface area contributed by atoms with Gasteiger partial charge in [-0.25, -0.2) is 0 Å². The lowest BCUT2D eigenvalue weighted by molar-refractivity contribution is -0.124. The molecule has 1 N–H and O–H groups in total. The van der Waals surface area contributed by atoms with E-state index in [-0.39, 0.29) is 24.7 Å². The molecule has 1 amide bonds. The smallest absolute Gasteiger partial charge is 0.258 e. The van der Waals surface area contributed by atoms with Gasteiger partial charge in [0.15, 0.2) is 6.61 Å². The number of hydrogen-bond donors (Lipinski definition) is 1. The first-order chi connectivity index (χ1) is 12.3. The van der Waals surface area contributed by atoms with Gasteiger partial charge in [0.1, 0.15) is 11.8 Å². The van der Waals surface area contributed by atoms with Crippen LogP contribution in [0.25, 0.3) is 0 Å². The van der Waals surface area contributed by atoms with Gasteiger partial charge >= 0.3 is 0 Å². The van der Waals surface area contributed by atoms with Crippen molar-refractivity contribution in [3.05, 3.63) is 65.7 Å². The van der Waals surface area contributed by atoms with Crippen LogP contribution in [0.15, 0.2) is 54.6 Å². The zero-order valence-corrected chi connectivity index (χ0v) is 13.9. The van der Waals surface area contributed by atoms with Gasteiger partial charge in [-0.2, -0.15) is 5.26 Å². The van der Waals surface area contributed by atoms with E-state index in [4.69, 9.17) is 14.7 Å². The number of hydrogen-bond acceptors (Lipinski definition) is 4. The molecule has 1 fully saturated rings. The van der Waals surface area contributed by atoms with Crippen molar-refractivity contribution in [2.45, 2.75) is 25.0 Å². The second kappa shape index (κ2) is 8.32. The minimum absolute atomic E-state index is 0.0299. The standard InChI is InChI=1S/C20H20N2O3/c21-13-16-9-4-5-10-17(16)25-14-19(23)22-20(18-11-6-12-24-18)15-7-2-1-3-8-15/h1-5,7-10,18,20H,6,11-12,14H2,(H,22,23). The number of nitriles is 1. The van der Waals surface area contributed by atoms with Crippen molar-refractivity contribution in [3.63, 3.8) is 0 Å². The van der Waals surface area contributed by atoms with Gasteiger partial charge in [0.25, 0.3) is 5.91 Å². The number of carbonyl (C=O) groups is 1. The molecule has 0 spiro atoms. The van der Waals surface area contributed by atoms with Crippen LogP contribution < -0.4 is 10.1 Å². The molecule has 3 rings (SSSR count). The maximum absolute atomic E-state index is 12.4. The van der Waals surface area contributed by atoms with Crippen molar-refractivity contribution in [2.75, 3.05) is 13.2 Å². The lowest BCUT2D eigenvalue weighted by atomic mass is 9.99. The molecule has 2 atom stereocenters. The number of para-hydroxylation sites is 1. The summed E-state index contributed by atoms with van der Waals surface area (Å²) in [5, 5.41) is 12.1. The van der Waals surface area contributed by atoms with Gasteiger partial charge in [0.05, 0.1) is 17.7 Å². The molecule has 0 aromatic heterocycles. The number of nitrogens with one attached hydrogen (secondary N) is 1. The average Bonchev–Trinajstić information content (AvgIpc) is 3.20. The van der Waals surface area contributed by atoms with E-state index in [2.05, 4.69) is 11.4 Å². The summed E-state index contributed by atoms with van der Waals surface area (Å²) in [6.07, 6.45) is 1.88. The summed E-state index contributed by atoms with van der Waals surface area (Å²) in [5.41, 5.74) is 1.43. The molecule has 0 bridgehead atoms. The number of carbonyl (C=O) groups excluding carboxylic acids is 1. The molecule has 1 saturated heterocycles. The predicted molar refractivity (Wildman–Crippen MR) is 93.0 cm³/mol. The van der Waals surface area contributed by atoms with Crippen LogP contribution in [0, 0.1) is 11.3 Å². The molecule has 0 saturated carbocycles. The van der Waals surface area contributed by atoms with Gasteiger partial charge in [-0.15, -0.1) is 0 Å². The van der Waals surface area contributed by atoms with E-state index in [9.17, 15) is 4.79 Å². The van der Waals surface area contributed by atoms with Crippen molar-refractivity contribution in [3.8, 4) is 11.8 Å². The van der Waals surface area contributed by atoms with Crippen LogP contribution in [-0.4, -0.2) is 25.2 Å². The second-order valence-corrected chi connectivity index (χ2v) is 5.90. The Labute approximate surface area is 147 Å². The Kier molecular flexibility index (Phi) is 5.65.